The fraction of sp³-hybridized carbons (Fsp3) is 0.0769. The molecule has 4 nitrogen and oxygen atoms in total. The lowest BCUT2D eigenvalue weighted by atomic mass is 10.4. The molecule has 0 radical (unpaired) electrons. The summed E-state index contributed by atoms with van der Waals surface area (Å²) in [6.07, 6.45) is 8.51. The molecule has 0 amide bonds. The van der Waals surface area contributed by atoms with Crippen molar-refractivity contribution in [3.63, 3.8) is 0 Å². The summed E-state index contributed by atoms with van der Waals surface area (Å²) in [5, 5.41) is 0. The van der Waals surface area contributed by atoms with Crippen LogP contribution in [0.1, 0.15) is 16.1 Å². The summed E-state index contributed by atoms with van der Waals surface area (Å²) in [6, 6.07) is 7.70. The highest BCUT2D eigenvalue weighted by Gasteiger charge is 2.02. The quantitative estimate of drug-likeness (QED) is 0.639. The Morgan fingerprint density at radius 3 is 2.88 bits per heavy atom. The molecule has 0 atom stereocenters. The fourth-order valence-electron chi connectivity index (χ4n) is 1.88. The SMILES string of the molecule is O=Cc1ccn(Cc2cn3ccccc3n2)c1. The van der Waals surface area contributed by atoms with Crippen molar-refractivity contribution in [2.45, 2.75) is 6.54 Å². The number of nitrogens with zero attached hydrogens (tertiary/aromatic N) is 3. The lowest BCUT2D eigenvalue weighted by molar-refractivity contribution is 0.112. The summed E-state index contributed by atoms with van der Waals surface area (Å²) in [7, 11) is 0. The van der Waals surface area contributed by atoms with Crippen LogP contribution in [0.15, 0.2) is 49.1 Å². The predicted molar refractivity (Wildman–Crippen MR) is 64.1 cm³/mol. The number of fused-ring (bicyclic) bond motifs is 1. The normalized spacial score (nSPS) is 10.8. The maximum absolute atomic E-state index is 10.6. The number of pyridine rings is 1. The van der Waals surface area contributed by atoms with Gasteiger partial charge in [-0.05, 0) is 18.2 Å². The van der Waals surface area contributed by atoms with Gasteiger partial charge in [0.2, 0.25) is 0 Å². The molecule has 17 heavy (non-hydrogen) atoms. The fourth-order valence-corrected chi connectivity index (χ4v) is 1.88. The zero-order valence-corrected chi connectivity index (χ0v) is 9.15. The van der Waals surface area contributed by atoms with Crippen molar-refractivity contribution in [1.82, 2.24) is 14.0 Å². The highest BCUT2D eigenvalue weighted by atomic mass is 16.1. The Bertz CT molecular complexity index is 633. The van der Waals surface area contributed by atoms with Gasteiger partial charge in [-0.25, -0.2) is 4.98 Å². The van der Waals surface area contributed by atoms with Crippen LogP contribution >= 0.6 is 0 Å². The minimum atomic E-state index is 0.676. The highest BCUT2D eigenvalue weighted by Crippen LogP contribution is 2.07. The molecule has 3 heterocycles. The number of aromatic nitrogens is 3. The molecule has 0 unspecified atom stereocenters. The molecular weight excluding hydrogens is 214 g/mol. The van der Waals surface area contributed by atoms with E-state index in [1.165, 1.54) is 0 Å². The Morgan fingerprint density at radius 2 is 2.12 bits per heavy atom. The third-order valence-corrected chi connectivity index (χ3v) is 2.67. The second kappa shape index (κ2) is 3.90. The Morgan fingerprint density at radius 1 is 1.18 bits per heavy atom. The number of rotatable bonds is 3. The Labute approximate surface area is 98.1 Å². The molecule has 3 rings (SSSR count). The van der Waals surface area contributed by atoms with E-state index < -0.39 is 0 Å². The summed E-state index contributed by atoms with van der Waals surface area (Å²) in [6.45, 7) is 0.676. The molecule has 84 valence electrons. The van der Waals surface area contributed by atoms with Crippen molar-refractivity contribution in [3.8, 4) is 0 Å². The van der Waals surface area contributed by atoms with Gasteiger partial charge in [0.25, 0.3) is 0 Å². The van der Waals surface area contributed by atoms with Crippen LogP contribution in [0.4, 0.5) is 0 Å². The number of carbonyl (C=O) groups excluding carboxylic acids is 1. The topological polar surface area (TPSA) is 39.3 Å². The van der Waals surface area contributed by atoms with Crippen LogP contribution in [-0.2, 0) is 6.54 Å². The Kier molecular flexibility index (Phi) is 2.26. The lowest BCUT2D eigenvalue weighted by Gasteiger charge is -1.97. The molecule has 3 aromatic heterocycles. The van der Waals surface area contributed by atoms with Crippen LogP contribution in [0.25, 0.3) is 5.65 Å². The molecule has 0 spiro atoms. The first kappa shape index (κ1) is 9.84. The van der Waals surface area contributed by atoms with E-state index in [2.05, 4.69) is 4.98 Å². The lowest BCUT2D eigenvalue weighted by Crippen LogP contribution is -1.96. The summed E-state index contributed by atoms with van der Waals surface area (Å²) < 4.78 is 3.94. The molecule has 3 aromatic rings. The van der Waals surface area contributed by atoms with E-state index in [9.17, 15) is 4.79 Å². The van der Waals surface area contributed by atoms with Gasteiger partial charge < -0.3 is 8.97 Å². The first-order valence-corrected chi connectivity index (χ1v) is 5.39. The van der Waals surface area contributed by atoms with Gasteiger partial charge in [-0.3, -0.25) is 4.79 Å². The summed E-state index contributed by atoms with van der Waals surface area (Å²) in [5.41, 5.74) is 2.60. The van der Waals surface area contributed by atoms with E-state index >= 15 is 0 Å². The molecule has 0 bridgehead atoms. The van der Waals surface area contributed by atoms with Crippen molar-refractivity contribution in [2.75, 3.05) is 0 Å². The van der Waals surface area contributed by atoms with E-state index in [1.807, 2.05) is 52.0 Å². The minimum Gasteiger partial charge on any atom is -0.348 e. The van der Waals surface area contributed by atoms with Crippen LogP contribution in [0, 0.1) is 0 Å². The second-order valence-electron chi connectivity index (χ2n) is 3.93. The molecule has 0 aliphatic carbocycles. The van der Waals surface area contributed by atoms with Gasteiger partial charge >= 0.3 is 0 Å². The molecule has 0 aromatic carbocycles. The number of aldehydes is 1. The minimum absolute atomic E-state index is 0.676. The van der Waals surface area contributed by atoms with E-state index in [4.69, 9.17) is 0 Å². The van der Waals surface area contributed by atoms with Crippen LogP contribution in [-0.4, -0.2) is 20.2 Å². The van der Waals surface area contributed by atoms with Gasteiger partial charge in [0.05, 0.1) is 12.2 Å². The summed E-state index contributed by atoms with van der Waals surface area (Å²) in [4.78, 5) is 15.1. The van der Waals surface area contributed by atoms with Gasteiger partial charge in [-0.2, -0.15) is 0 Å². The average Bonchev–Trinajstić information content (AvgIpc) is 2.94. The number of carbonyl (C=O) groups is 1. The maximum atomic E-state index is 10.6. The van der Waals surface area contributed by atoms with Gasteiger partial charge in [0.1, 0.15) is 5.65 Å². The third-order valence-electron chi connectivity index (χ3n) is 2.67. The van der Waals surface area contributed by atoms with Crippen molar-refractivity contribution >= 4 is 11.9 Å². The molecule has 0 N–H and O–H groups in total. The predicted octanol–water partition coefficient (Wildman–Crippen LogP) is 2.00. The molecule has 0 aliphatic rings. The maximum Gasteiger partial charge on any atom is 0.151 e. The molecular formula is C13H11N3O. The summed E-state index contributed by atoms with van der Waals surface area (Å²) in [5.74, 6) is 0. The Balaban J connectivity index is 1.91. The van der Waals surface area contributed by atoms with Crippen molar-refractivity contribution in [2.24, 2.45) is 0 Å². The molecule has 0 saturated carbocycles. The first-order valence-electron chi connectivity index (χ1n) is 5.39. The van der Waals surface area contributed by atoms with E-state index in [0.29, 0.717) is 12.1 Å². The van der Waals surface area contributed by atoms with E-state index in [-0.39, 0.29) is 0 Å². The van der Waals surface area contributed by atoms with Gasteiger partial charge in [0, 0.05) is 30.4 Å². The summed E-state index contributed by atoms with van der Waals surface area (Å²) >= 11 is 0. The monoisotopic (exact) mass is 225 g/mol. The van der Waals surface area contributed by atoms with Crippen LogP contribution < -0.4 is 0 Å². The molecule has 0 aliphatic heterocycles. The van der Waals surface area contributed by atoms with Gasteiger partial charge in [0.15, 0.2) is 6.29 Å². The van der Waals surface area contributed by atoms with Crippen LogP contribution in [0.3, 0.4) is 0 Å². The highest BCUT2D eigenvalue weighted by molar-refractivity contribution is 5.74. The zero-order valence-electron chi connectivity index (χ0n) is 9.15. The number of imidazole rings is 1. The van der Waals surface area contributed by atoms with E-state index in [1.54, 1.807) is 6.07 Å². The van der Waals surface area contributed by atoms with Crippen molar-refractivity contribution in [1.29, 1.82) is 0 Å². The average molecular weight is 225 g/mol. The zero-order chi connectivity index (χ0) is 11.7. The number of hydrogen-bond donors (Lipinski definition) is 0. The molecule has 0 saturated heterocycles. The largest absolute Gasteiger partial charge is 0.348 e. The smallest absolute Gasteiger partial charge is 0.151 e. The third kappa shape index (κ3) is 1.85. The van der Waals surface area contributed by atoms with Gasteiger partial charge in [-0.1, -0.05) is 6.07 Å². The van der Waals surface area contributed by atoms with Crippen molar-refractivity contribution in [3.05, 3.63) is 60.3 Å². The van der Waals surface area contributed by atoms with Crippen molar-refractivity contribution < 1.29 is 4.79 Å². The second-order valence-corrected chi connectivity index (χ2v) is 3.93. The van der Waals surface area contributed by atoms with Gasteiger partial charge in [-0.15, -0.1) is 0 Å². The molecule has 4 heteroatoms. The first-order chi connectivity index (χ1) is 8.35. The van der Waals surface area contributed by atoms with E-state index in [0.717, 1.165) is 17.6 Å². The van der Waals surface area contributed by atoms with Crippen LogP contribution in [0.2, 0.25) is 0 Å². The Hall–Kier alpha value is -2.36. The standard InChI is InChI=1S/C13H11N3O/c17-10-11-4-6-15(7-11)8-12-9-16-5-2-1-3-13(16)14-12/h1-7,9-10H,8H2. The van der Waals surface area contributed by atoms with Crippen LogP contribution in [0.5, 0.6) is 0 Å². The molecule has 0 fully saturated rings. The number of hydrogen-bond acceptors (Lipinski definition) is 2.